The Morgan fingerprint density at radius 3 is 2.72 bits per heavy atom. The molecule has 0 aromatic heterocycles. The van der Waals surface area contributed by atoms with Crippen molar-refractivity contribution in [3.05, 3.63) is 24.3 Å². The Labute approximate surface area is 106 Å². The monoisotopic (exact) mass is 247 g/mol. The lowest BCUT2D eigenvalue weighted by Gasteiger charge is -2.19. The zero-order valence-corrected chi connectivity index (χ0v) is 10.6. The lowest BCUT2D eigenvalue weighted by atomic mass is 10.2. The number of rotatable bonds is 3. The van der Waals surface area contributed by atoms with Gasteiger partial charge in [0.25, 0.3) is 0 Å². The molecule has 0 bridgehead atoms. The van der Waals surface area contributed by atoms with Gasteiger partial charge in [0.05, 0.1) is 11.4 Å². The average Bonchev–Trinajstić information content (AvgIpc) is 2.76. The molecule has 2 N–H and O–H groups in total. The van der Waals surface area contributed by atoms with Crippen LogP contribution in [0.2, 0.25) is 0 Å². The second kappa shape index (κ2) is 5.08. The minimum absolute atomic E-state index is 0.0592. The normalized spacial score (nSPS) is 18.3. The van der Waals surface area contributed by atoms with Crippen molar-refractivity contribution in [2.75, 3.05) is 24.3 Å². The van der Waals surface area contributed by atoms with Gasteiger partial charge in [0, 0.05) is 20.5 Å². The molecule has 1 atom stereocenters. The summed E-state index contributed by atoms with van der Waals surface area (Å²) in [6.07, 6.45) is 0.988. The fourth-order valence-electron chi connectivity index (χ4n) is 2.00. The molecule has 0 radical (unpaired) electrons. The highest BCUT2D eigenvalue weighted by Crippen LogP contribution is 2.24. The number of amides is 2. The number of anilines is 2. The molecule has 2 rings (SSSR count). The van der Waals surface area contributed by atoms with Gasteiger partial charge in [-0.3, -0.25) is 9.59 Å². The molecule has 0 spiro atoms. The Bertz CT molecular complexity index is 471. The first-order valence-corrected chi connectivity index (χ1v) is 5.94. The molecule has 2 amide bonds. The summed E-state index contributed by atoms with van der Waals surface area (Å²) in [6, 6.07) is 7.16. The molecule has 1 aromatic carbocycles. The third-order valence-electron chi connectivity index (χ3n) is 2.96. The van der Waals surface area contributed by atoms with E-state index in [-0.39, 0.29) is 11.8 Å². The summed E-state index contributed by atoms with van der Waals surface area (Å²) < 4.78 is 0. The van der Waals surface area contributed by atoms with E-state index in [0.29, 0.717) is 12.8 Å². The van der Waals surface area contributed by atoms with Crippen LogP contribution < -0.4 is 15.5 Å². The van der Waals surface area contributed by atoms with Crippen molar-refractivity contribution in [1.29, 1.82) is 0 Å². The molecule has 1 aromatic rings. The summed E-state index contributed by atoms with van der Waals surface area (Å²) >= 11 is 0. The summed E-state index contributed by atoms with van der Waals surface area (Å²) in [5.41, 5.74) is 1.70. The SMILES string of the molecule is CN(C)c1ccccc1NC(=O)C1CCC(=O)N1. The third kappa shape index (κ3) is 2.61. The van der Waals surface area contributed by atoms with Crippen LogP contribution >= 0.6 is 0 Å². The minimum atomic E-state index is -0.410. The van der Waals surface area contributed by atoms with Gasteiger partial charge < -0.3 is 15.5 Å². The highest BCUT2D eigenvalue weighted by atomic mass is 16.2. The zero-order chi connectivity index (χ0) is 13.1. The lowest BCUT2D eigenvalue weighted by Crippen LogP contribution is -2.37. The van der Waals surface area contributed by atoms with E-state index < -0.39 is 6.04 Å². The molecule has 0 saturated carbocycles. The zero-order valence-electron chi connectivity index (χ0n) is 10.6. The number of hydrogen-bond donors (Lipinski definition) is 2. The van der Waals surface area contributed by atoms with Crippen molar-refractivity contribution >= 4 is 23.2 Å². The summed E-state index contributed by atoms with van der Waals surface area (Å²) in [4.78, 5) is 25.0. The van der Waals surface area contributed by atoms with Gasteiger partial charge >= 0.3 is 0 Å². The van der Waals surface area contributed by atoms with E-state index in [1.807, 2.05) is 43.3 Å². The maximum Gasteiger partial charge on any atom is 0.247 e. The molecule has 1 heterocycles. The van der Waals surface area contributed by atoms with Crippen molar-refractivity contribution in [2.45, 2.75) is 18.9 Å². The summed E-state index contributed by atoms with van der Waals surface area (Å²) in [5.74, 6) is -0.216. The first kappa shape index (κ1) is 12.4. The number of hydrogen-bond acceptors (Lipinski definition) is 3. The van der Waals surface area contributed by atoms with Crippen molar-refractivity contribution < 1.29 is 9.59 Å². The van der Waals surface area contributed by atoms with Gasteiger partial charge in [-0.15, -0.1) is 0 Å². The highest BCUT2D eigenvalue weighted by molar-refractivity contribution is 6.00. The first-order chi connectivity index (χ1) is 8.58. The maximum atomic E-state index is 12.0. The van der Waals surface area contributed by atoms with E-state index >= 15 is 0 Å². The van der Waals surface area contributed by atoms with Crippen LogP contribution in [0.4, 0.5) is 11.4 Å². The number of carbonyl (C=O) groups is 2. The van der Waals surface area contributed by atoms with Crippen LogP contribution in [0.15, 0.2) is 24.3 Å². The quantitative estimate of drug-likeness (QED) is 0.836. The molecular formula is C13H17N3O2. The van der Waals surface area contributed by atoms with E-state index in [1.54, 1.807) is 0 Å². The van der Waals surface area contributed by atoms with Crippen LogP contribution in [0.25, 0.3) is 0 Å². The molecule has 5 heteroatoms. The van der Waals surface area contributed by atoms with Gasteiger partial charge in [-0.05, 0) is 18.6 Å². The second-order valence-corrected chi connectivity index (χ2v) is 4.56. The summed E-state index contributed by atoms with van der Waals surface area (Å²) in [7, 11) is 3.84. The van der Waals surface area contributed by atoms with Gasteiger partial charge in [-0.2, -0.15) is 0 Å². The molecule has 1 fully saturated rings. The number of benzene rings is 1. The predicted molar refractivity (Wildman–Crippen MR) is 70.6 cm³/mol. The van der Waals surface area contributed by atoms with Gasteiger partial charge in [0.15, 0.2) is 0 Å². The smallest absolute Gasteiger partial charge is 0.247 e. The molecule has 96 valence electrons. The second-order valence-electron chi connectivity index (χ2n) is 4.56. The Morgan fingerprint density at radius 2 is 2.11 bits per heavy atom. The van der Waals surface area contributed by atoms with Crippen molar-refractivity contribution in [3.63, 3.8) is 0 Å². The van der Waals surface area contributed by atoms with Crippen LogP contribution in [-0.4, -0.2) is 32.0 Å². The molecule has 18 heavy (non-hydrogen) atoms. The Kier molecular flexibility index (Phi) is 3.50. The van der Waals surface area contributed by atoms with Crippen LogP contribution in [0.1, 0.15) is 12.8 Å². The van der Waals surface area contributed by atoms with Gasteiger partial charge in [0.2, 0.25) is 11.8 Å². The topological polar surface area (TPSA) is 61.4 Å². The molecule has 1 unspecified atom stereocenters. The van der Waals surface area contributed by atoms with Gasteiger partial charge in [0.1, 0.15) is 6.04 Å². The van der Waals surface area contributed by atoms with Crippen molar-refractivity contribution in [3.8, 4) is 0 Å². The predicted octanol–water partition coefficient (Wildman–Crippen LogP) is 0.970. The highest BCUT2D eigenvalue weighted by Gasteiger charge is 2.27. The number of nitrogens with one attached hydrogen (secondary N) is 2. The number of carbonyl (C=O) groups excluding carboxylic acids is 2. The Hall–Kier alpha value is -2.04. The van der Waals surface area contributed by atoms with Crippen LogP contribution in [0, 0.1) is 0 Å². The Morgan fingerprint density at radius 1 is 1.39 bits per heavy atom. The standard InChI is InChI=1S/C13H17N3O2/c1-16(2)11-6-4-3-5-9(11)15-13(18)10-7-8-12(17)14-10/h3-6,10H,7-8H2,1-2H3,(H,14,17)(H,15,18). The van der Waals surface area contributed by atoms with E-state index in [2.05, 4.69) is 10.6 Å². The van der Waals surface area contributed by atoms with E-state index in [0.717, 1.165) is 11.4 Å². The number of nitrogens with zero attached hydrogens (tertiary/aromatic N) is 1. The third-order valence-corrected chi connectivity index (χ3v) is 2.96. The van der Waals surface area contributed by atoms with Crippen LogP contribution in [0.3, 0.4) is 0 Å². The molecule has 0 aliphatic carbocycles. The van der Waals surface area contributed by atoms with Crippen molar-refractivity contribution in [2.24, 2.45) is 0 Å². The molecular weight excluding hydrogens is 230 g/mol. The maximum absolute atomic E-state index is 12.0. The molecule has 1 aliphatic rings. The van der Waals surface area contributed by atoms with E-state index in [9.17, 15) is 9.59 Å². The Balaban J connectivity index is 2.09. The molecule has 5 nitrogen and oxygen atoms in total. The van der Waals surface area contributed by atoms with Gasteiger partial charge in [-0.25, -0.2) is 0 Å². The van der Waals surface area contributed by atoms with Crippen molar-refractivity contribution in [1.82, 2.24) is 5.32 Å². The molecule has 1 aliphatic heterocycles. The largest absolute Gasteiger partial charge is 0.376 e. The number of para-hydroxylation sites is 2. The fourth-order valence-corrected chi connectivity index (χ4v) is 2.00. The van der Waals surface area contributed by atoms with Crippen LogP contribution in [-0.2, 0) is 9.59 Å². The lowest BCUT2D eigenvalue weighted by molar-refractivity contribution is -0.122. The average molecular weight is 247 g/mol. The van der Waals surface area contributed by atoms with Crippen LogP contribution in [0.5, 0.6) is 0 Å². The first-order valence-electron chi connectivity index (χ1n) is 5.94. The van der Waals surface area contributed by atoms with E-state index in [1.165, 1.54) is 0 Å². The summed E-state index contributed by atoms with van der Waals surface area (Å²) in [5, 5.41) is 5.52. The van der Waals surface area contributed by atoms with Gasteiger partial charge in [-0.1, -0.05) is 12.1 Å². The van der Waals surface area contributed by atoms with E-state index in [4.69, 9.17) is 0 Å². The molecule has 1 saturated heterocycles. The minimum Gasteiger partial charge on any atom is -0.376 e. The fraction of sp³-hybridized carbons (Fsp3) is 0.385. The summed E-state index contributed by atoms with van der Waals surface area (Å²) in [6.45, 7) is 0.